The highest BCUT2D eigenvalue weighted by molar-refractivity contribution is 9.10. The smallest absolute Gasteiger partial charge is 0.0767 e. The molecular formula is C15H25BrClN3. The van der Waals surface area contributed by atoms with Crippen LogP contribution in [-0.2, 0) is 20.0 Å². The minimum Gasteiger partial charge on any atom is -0.304 e. The Bertz CT molecular complexity index is 460. The van der Waals surface area contributed by atoms with E-state index in [1.54, 1.807) is 0 Å². The molecule has 20 heavy (non-hydrogen) atoms. The van der Waals surface area contributed by atoms with Crippen LogP contribution < -0.4 is 5.32 Å². The van der Waals surface area contributed by atoms with Crippen molar-refractivity contribution < 1.29 is 0 Å². The van der Waals surface area contributed by atoms with E-state index in [0.717, 1.165) is 29.1 Å². The average molecular weight is 363 g/mol. The third kappa shape index (κ3) is 3.40. The van der Waals surface area contributed by atoms with Crippen molar-refractivity contribution in [2.75, 3.05) is 5.88 Å². The van der Waals surface area contributed by atoms with Crippen LogP contribution in [0.4, 0.5) is 0 Å². The molecule has 1 N–H and O–H groups in total. The highest BCUT2D eigenvalue weighted by atomic mass is 79.9. The van der Waals surface area contributed by atoms with Crippen LogP contribution in [0.3, 0.4) is 0 Å². The molecule has 2 unspecified atom stereocenters. The van der Waals surface area contributed by atoms with E-state index in [1.165, 1.54) is 31.4 Å². The summed E-state index contributed by atoms with van der Waals surface area (Å²) in [4.78, 5) is 0. The molecule has 1 aliphatic rings. The van der Waals surface area contributed by atoms with Crippen LogP contribution in [0.15, 0.2) is 4.47 Å². The second kappa shape index (κ2) is 6.80. The van der Waals surface area contributed by atoms with E-state index in [4.69, 9.17) is 11.6 Å². The molecule has 1 fully saturated rings. The predicted octanol–water partition coefficient (Wildman–Crippen LogP) is 4.02. The number of nitrogens with one attached hydrogen (secondary N) is 1. The fourth-order valence-corrected chi connectivity index (χ4v) is 4.37. The fraction of sp³-hybridized carbons (Fsp3) is 0.800. The lowest BCUT2D eigenvalue weighted by atomic mass is 9.77. The molecule has 114 valence electrons. The van der Waals surface area contributed by atoms with E-state index in [-0.39, 0.29) is 5.54 Å². The van der Waals surface area contributed by atoms with Gasteiger partial charge >= 0.3 is 0 Å². The van der Waals surface area contributed by atoms with Crippen LogP contribution in [-0.4, -0.2) is 21.2 Å². The summed E-state index contributed by atoms with van der Waals surface area (Å²) in [7, 11) is 2.01. The highest BCUT2D eigenvalue weighted by Crippen LogP contribution is 2.34. The molecular weight excluding hydrogens is 338 g/mol. The molecule has 0 radical (unpaired) electrons. The molecule has 5 heteroatoms. The third-order valence-electron chi connectivity index (χ3n) is 4.48. The van der Waals surface area contributed by atoms with Gasteiger partial charge in [-0.25, -0.2) is 0 Å². The van der Waals surface area contributed by atoms with E-state index in [9.17, 15) is 0 Å². The molecule has 1 saturated carbocycles. The van der Waals surface area contributed by atoms with Crippen LogP contribution in [0.5, 0.6) is 0 Å². The first-order chi connectivity index (χ1) is 9.51. The van der Waals surface area contributed by atoms with Crippen LogP contribution in [0.25, 0.3) is 0 Å². The van der Waals surface area contributed by atoms with Gasteiger partial charge in [0, 0.05) is 25.0 Å². The number of rotatable bonds is 5. The van der Waals surface area contributed by atoms with Crippen molar-refractivity contribution in [3.05, 3.63) is 15.9 Å². The van der Waals surface area contributed by atoms with Gasteiger partial charge in [0.2, 0.25) is 0 Å². The molecule has 2 rings (SSSR count). The van der Waals surface area contributed by atoms with Crippen molar-refractivity contribution in [1.29, 1.82) is 0 Å². The van der Waals surface area contributed by atoms with Crippen molar-refractivity contribution in [2.45, 2.75) is 58.0 Å². The van der Waals surface area contributed by atoms with E-state index < -0.39 is 0 Å². The molecule has 0 amide bonds. The maximum Gasteiger partial charge on any atom is 0.0767 e. The summed E-state index contributed by atoms with van der Waals surface area (Å²) in [6.07, 6.45) is 5.90. The van der Waals surface area contributed by atoms with E-state index >= 15 is 0 Å². The summed E-state index contributed by atoms with van der Waals surface area (Å²) in [5.41, 5.74) is 2.43. The van der Waals surface area contributed by atoms with E-state index in [0.29, 0.717) is 5.88 Å². The zero-order valence-corrected chi connectivity index (χ0v) is 15.0. The van der Waals surface area contributed by atoms with Crippen LogP contribution in [0, 0.1) is 5.92 Å². The van der Waals surface area contributed by atoms with Crippen molar-refractivity contribution in [1.82, 2.24) is 15.1 Å². The molecule has 0 spiro atoms. The van der Waals surface area contributed by atoms with Gasteiger partial charge in [0.05, 0.1) is 15.9 Å². The molecule has 3 nitrogen and oxygen atoms in total. The molecule has 2 atom stereocenters. The number of aromatic nitrogens is 2. The molecule has 1 aliphatic carbocycles. The Morgan fingerprint density at radius 2 is 2.30 bits per heavy atom. The summed E-state index contributed by atoms with van der Waals surface area (Å²) >= 11 is 9.97. The third-order valence-corrected chi connectivity index (χ3v) is 5.91. The first-order valence-electron chi connectivity index (χ1n) is 7.52. The first-order valence-corrected chi connectivity index (χ1v) is 8.85. The Kier molecular flexibility index (Phi) is 5.55. The normalized spacial score (nSPS) is 26.9. The van der Waals surface area contributed by atoms with Gasteiger partial charge in [-0.15, -0.1) is 11.6 Å². The Hall–Kier alpha value is -0.0600. The second-order valence-electron chi connectivity index (χ2n) is 6.15. The minimum absolute atomic E-state index is 0.0926. The van der Waals surface area contributed by atoms with Crippen LogP contribution >= 0.6 is 27.5 Å². The maximum absolute atomic E-state index is 6.28. The second-order valence-corrected chi connectivity index (χ2v) is 7.21. The highest BCUT2D eigenvalue weighted by Gasteiger charge is 2.34. The van der Waals surface area contributed by atoms with Crippen molar-refractivity contribution in [3.63, 3.8) is 0 Å². The maximum atomic E-state index is 6.28. The lowest BCUT2D eigenvalue weighted by molar-refractivity contribution is 0.206. The van der Waals surface area contributed by atoms with Gasteiger partial charge in [0.1, 0.15) is 0 Å². The molecule has 1 aromatic rings. The van der Waals surface area contributed by atoms with E-state index in [2.05, 4.69) is 40.2 Å². The predicted molar refractivity (Wildman–Crippen MR) is 88.2 cm³/mol. The van der Waals surface area contributed by atoms with Gasteiger partial charge in [0.15, 0.2) is 0 Å². The van der Waals surface area contributed by atoms with Crippen LogP contribution in [0.2, 0.25) is 0 Å². The number of hydrogen-bond donors (Lipinski definition) is 1. The minimum atomic E-state index is 0.0926. The number of aryl methyl sites for hydroxylation is 2. The lowest BCUT2D eigenvalue weighted by Gasteiger charge is -2.39. The zero-order chi connectivity index (χ0) is 14.8. The Morgan fingerprint density at radius 3 is 2.85 bits per heavy atom. The van der Waals surface area contributed by atoms with Gasteiger partial charge in [-0.1, -0.05) is 26.7 Å². The number of hydrogen-bond acceptors (Lipinski definition) is 2. The average Bonchev–Trinajstić information content (AvgIpc) is 2.71. The zero-order valence-electron chi connectivity index (χ0n) is 12.7. The fourth-order valence-electron chi connectivity index (χ4n) is 3.27. The standard InChI is InChI=1S/C15H25BrClN3/c1-4-12-14(16)13(20(3)19-12)9-18-15(10-17)7-5-6-11(2)8-15/h11,18H,4-10H2,1-3H3. The molecule has 1 heterocycles. The quantitative estimate of drug-likeness (QED) is 0.802. The van der Waals surface area contributed by atoms with Crippen molar-refractivity contribution in [3.8, 4) is 0 Å². The van der Waals surface area contributed by atoms with Crippen LogP contribution in [0.1, 0.15) is 50.9 Å². The number of nitrogens with zero attached hydrogens (tertiary/aromatic N) is 2. The lowest BCUT2D eigenvalue weighted by Crippen LogP contribution is -2.49. The summed E-state index contributed by atoms with van der Waals surface area (Å²) < 4.78 is 3.12. The van der Waals surface area contributed by atoms with Gasteiger partial charge in [-0.2, -0.15) is 5.10 Å². The summed E-state index contributed by atoms with van der Waals surface area (Å²) in [6.45, 7) is 5.29. The summed E-state index contributed by atoms with van der Waals surface area (Å²) in [5, 5.41) is 8.28. The summed E-state index contributed by atoms with van der Waals surface area (Å²) in [6, 6.07) is 0. The van der Waals surface area contributed by atoms with E-state index in [1.807, 2.05) is 11.7 Å². The van der Waals surface area contributed by atoms with Crippen molar-refractivity contribution in [2.24, 2.45) is 13.0 Å². The molecule has 0 aliphatic heterocycles. The van der Waals surface area contributed by atoms with Gasteiger partial charge in [-0.3, -0.25) is 4.68 Å². The summed E-state index contributed by atoms with van der Waals surface area (Å²) in [5.74, 6) is 1.45. The SMILES string of the molecule is CCc1nn(C)c(CNC2(CCl)CCCC(C)C2)c1Br. The molecule has 0 saturated heterocycles. The Labute approximate surface area is 135 Å². The first kappa shape index (κ1) is 16.3. The van der Waals surface area contributed by atoms with Gasteiger partial charge < -0.3 is 5.32 Å². The van der Waals surface area contributed by atoms with Gasteiger partial charge in [0.25, 0.3) is 0 Å². The monoisotopic (exact) mass is 361 g/mol. The molecule has 0 bridgehead atoms. The van der Waals surface area contributed by atoms with Gasteiger partial charge in [-0.05, 0) is 41.1 Å². The topological polar surface area (TPSA) is 29.9 Å². The number of halogens is 2. The largest absolute Gasteiger partial charge is 0.304 e. The Balaban J connectivity index is 2.08. The van der Waals surface area contributed by atoms with Crippen molar-refractivity contribution >= 4 is 27.5 Å². The molecule has 1 aromatic heterocycles. The molecule has 0 aromatic carbocycles. The Morgan fingerprint density at radius 1 is 1.55 bits per heavy atom. The number of alkyl halides is 1.